The van der Waals surface area contributed by atoms with E-state index in [1.54, 1.807) is 0 Å². The van der Waals surface area contributed by atoms with Crippen LogP contribution in [0.2, 0.25) is 0 Å². The van der Waals surface area contributed by atoms with E-state index in [2.05, 4.69) is 17.3 Å². The van der Waals surface area contributed by atoms with Gasteiger partial charge in [-0.15, -0.1) is 0 Å². The zero-order chi connectivity index (χ0) is 21.9. The van der Waals surface area contributed by atoms with Crippen molar-refractivity contribution in [1.29, 1.82) is 0 Å². The lowest BCUT2D eigenvalue weighted by molar-refractivity contribution is -0.138. The van der Waals surface area contributed by atoms with Crippen LogP contribution >= 0.6 is 0 Å². The van der Waals surface area contributed by atoms with Crippen molar-refractivity contribution in [2.24, 2.45) is 11.8 Å². The van der Waals surface area contributed by atoms with Gasteiger partial charge in [0, 0.05) is 18.0 Å². The van der Waals surface area contributed by atoms with E-state index in [-0.39, 0.29) is 24.5 Å². The normalized spacial score (nSPS) is 23.8. The molecule has 0 spiro atoms. The molecule has 0 saturated heterocycles. The number of allylic oxidation sites excluding steroid dienone is 1. The van der Waals surface area contributed by atoms with Gasteiger partial charge in [-0.25, -0.2) is 0 Å². The van der Waals surface area contributed by atoms with Gasteiger partial charge < -0.3 is 15.3 Å². The molecule has 4 atom stereocenters. The number of hydrogen-bond donors (Lipinski definition) is 4. The summed E-state index contributed by atoms with van der Waals surface area (Å²) in [6, 6.07) is 4.38. The largest absolute Gasteiger partial charge is 0.481 e. The van der Waals surface area contributed by atoms with Gasteiger partial charge >= 0.3 is 12.1 Å². The van der Waals surface area contributed by atoms with Crippen molar-refractivity contribution in [3.8, 4) is 11.8 Å². The molecule has 0 amide bonds. The summed E-state index contributed by atoms with van der Waals surface area (Å²) in [5, 5.41) is 29.0. The summed E-state index contributed by atoms with van der Waals surface area (Å²) >= 11 is 0. The van der Waals surface area contributed by atoms with Gasteiger partial charge in [-0.3, -0.25) is 15.1 Å². The van der Waals surface area contributed by atoms with Crippen LogP contribution in [0.3, 0.4) is 0 Å². The van der Waals surface area contributed by atoms with Gasteiger partial charge in [0.1, 0.15) is 6.10 Å². The molecule has 4 unspecified atom stereocenters. The number of rotatable bonds is 7. The number of carbonyl (C=O) groups is 1. The summed E-state index contributed by atoms with van der Waals surface area (Å²) in [4.78, 5) is 15.7. The minimum Gasteiger partial charge on any atom is -0.481 e. The average Bonchev–Trinajstić information content (AvgIpc) is 2.92. The van der Waals surface area contributed by atoms with Crippen LogP contribution in [0.25, 0.3) is 0 Å². The van der Waals surface area contributed by atoms with E-state index in [4.69, 9.17) is 9.94 Å². The highest BCUT2D eigenvalue weighted by molar-refractivity contribution is 5.66. The van der Waals surface area contributed by atoms with Gasteiger partial charge in [-0.05, 0) is 42.5 Å². The minimum atomic E-state index is -4.50. The number of aliphatic hydroxyl groups is 2. The molecule has 9 heteroatoms. The van der Waals surface area contributed by atoms with Crippen molar-refractivity contribution in [2.75, 3.05) is 6.61 Å². The molecule has 1 fully saturated rings. The lowest BCUT2D eigenvalue weighted by Gasteiger charge is -2.30. The van der Waals surface area contributed by atoms with Crippen LogP contribution in [0.5, 0.6) is 0 Å². The van der Waals surface area contributed by atoms with Crippen molar-refractivity contribution in [1.82, 2.24) is 5.48 Å². The summed E-state index contributed by atoms with van der Waals surface area (Å²) < 4.78 is 38.5. The van der Waals surface area contributed by atoms with Crippen LogP contribution in [0.1, 0.15) is 42.9 Å². The summed E-state index contributed by atoms with van der Waals surface area (Å²) in [6.07, 6.45) is -5.26. The molecule has 4 N–H and O–H groups in total. The first kappa shape index (κ1) is 22.2. The summed E-state index contributed by atoms with van der Waals surface area (Å²) in [5.74, 6) is 4.08. The Hall–Kier alpha value is -2.54. The van der Waals surface area contributed by atoms with E-state index in [0.717, 1.165) is 23.4 Å². The Morgan fingerprint density at radius 1 is 1.33 bits per heavy atom. The van der Waals surface area contributed by atoms with Crippen molar-refractivity contribution in [2.45, 2.75) is 44.1 Å². The van der Waals surface area contributed by atoms with Gasteiger partial charge in [0.2, 0.25) is 0 Å². The fourth-order valence-corrected chi connectivity index (χ4v) is 3.69. The first-order valence-corrected chi connectivity index (χ1v) is 9.52. The van der Waals surface area contributed by atoms with E-state index in [1.807, 2.05) is 0 Å². The molecule has 1 saturated carbocycles. The van der Waals surface area contributed by atoms with Crippen molar-refractivity contribution in [3.63, 3.8) is 0 Å². The second-order valence-corrected chi connectivity index (χ2v) is 7.37. The molecule has 0 aromatic heterocycles. The lowest BCUT2D eigenvalue weighted by atomic mass is 9.79. The highest BCUT2D eigenvalue weighted by Gasteiger charge is 2.45. The Bertz CT molecular complexity index is 887. The molecule has 3 rings (SSSR count). The maximum atomic E-state index is 12.8. The molecule has 0 radical (unpaired) electrons. The number of fused-ring (bicyclic) bond motifs is 1. The Morgan fingerprint density at radius 2 is 2.10 bits per heavy atom. The highest BCUT2D eigenvalue weighted by Crippen LogP contribution is 2.49. The maximum absolute atomic E-state index is 12.8. The molecule has 162 valence electrons. The Morgan fingerprint density at radius 3 is 2.80 bits per heavy atom. The number of alkyl halides is 3. The number of nitrogens with one attached hydrogen (secondary N) is 1. The van der Waals surface area contributed by atoms with E-state index < -0.39 is 35.8 Å². The summed E-state index contributed by atoms with van der Waals surface area (Å²) in [6.45, 7) is 0.239. The Kier molecular flexibility index (Phi) is 6.71. The smallest absolute Gasteiger partial charge is 0.416 e. The van der Waals surface area contributed by atoms with Crippen LogP contribution in [0.15, 0.2) is 35.5 Å². The number of halogens is 3. The summed E-state index contributed by atoms with van der Waals surface area (Å²) in [5.41, 5.74) is 3.78. The second-order valence-electron chi connectivity index (χ2n) is 7.37. The fraction of sp³-hybridized carbons (Fsp3) is 0.476. The number of carboxylic acid groups (broad SMARTS) is 1. The molecule has 2 aliphatic carbocycles. The molecular formula is C21H22F3NO5. The van der Waals surface area contributed by atoms with Crippen molar-refractivity contribution >= 4 is 5.97 Å². The van der Waals surface area contributed by atoms with Crippen LogP contribution in [0.4, 0.5) is 13.2 Å². The van der Waals surface area contributed by atoms with E-state index in [1.165, 1.54) is 12.1 Å². The monoisotopic (exact) mass is 425 g/mol. The molecular weight excluding hydrogens is 403 g/mol. The third-order valence-corrected chi connectivity index (χ3v) is 5.29. The van der Waals surface area contributed by atoms with Gasteiger partial charge in [0.25, 0.3) is 0 Å². The Balaban J connectivity index is 1.58. The van der Waals surface area contributed by atoms with Gasteiger partial charge in [0.05, 0.1) is 24.2 Å². The lowest BCUT2D eigenvalue weighted by Crippen LogP contribution is -2.29. The van der Waals surface area contributed by atoms with E-state index in [0.29, 0.717) is 19.3 Å². The molecule has 1 aromatic rings. The van der Waals surface area contributed by atoms with Gasteiger partial charge in [0.15, 0.2) is 0 Å². The zero-order valence-electron chi connectivity index (χ0n) is 15.9. The van der Waals surface area contributed by atoms with Gasteiger partial charge in [-0.1, -0.05) is 24.0 Å². The predicted octanol–water partition coefficient (Wildman–Crippen LogP) is 2.78. The minimum absolute atomic E-state index is 0.00803. The first-order chi connectivity index (χ1) is 14.2. The van der Waals surface area contributed by atoms with E-state index in [9.17, 15) is 28.2 Å². The molecule has 2 aliphatic rings. The molecule has 0 bridgehead atoms. The van der Waals surface area contributed by atoms with Crippen LogP contribution in [0, 0.1) is 23.7 Å². The number of carboxylic acids is 1. The van der Waals surface area contributed by atoms with Crippen LogP contribution in [-0.4, -0.2) is 34.0 Å². The second kappa shape index (κ2) is 9.08. The van der Waals surface area contributed by atoms with Crippen molar-refractivity contribution in [3.05, 3.63) is 46.7 Å². The highest BCUT2D eigenvalue weighted by atomic mass is 19.4. The van der Waals surface area contributed by atoms with Gasteiger partial charge in [-0.2, -0.15) is 13.2 Å². The first-order valence-electron chi connectivity index (χ1n) is 9.52. The average molecular weight is 425 g/mol. The number of aliphatic hydroxyl groups excluding tert-OH is 2. The third kappa shape index (κ3) is 5.14. The SMILES string of the molecule is O=C(O)CCCONC1=C2CC(O)C(C#CC(O)c3cccc(C(F)(F)F)c3)C2C1. The molecule has 0 aliphatic heterocycles. The molecule has 6 nitrogen and oxygen atoms in total. The van der Waals surface area contributed by atoms with Crippen LogP contribution in [-0.2, 0) is 15.8 Å². The standard InChI is InChI=1S/C21H22F3NO5/c22-21(23,24)13-4-1-3-12(9-13)18(26)7-6-14-15-10-17(16(15)11-19(14)27)25-30-8-2-5-20(28)29/h1,3-4,9,14-15,18-19,25-27H,2,5,8,10-11H2,(H,28,29). The number of aliphatic carboxylic acids is 1. The van der Waals surface area contributed by atoms with E-state index >= 15 is 0 Å². The molecule has 30 heavy (non-hydrogen) atoms. The Labute approximate surface area is 171 Å². The predicted molar refractivity (Wildman–Crippen MR) is 99.4 cm³/mol. The maximum Gasteiger partial charge on any atom is 0.416 e. The summed E-state index contributed by atoms with van der Waals surface area (Å²) in [7, 11) is 0. The molecule has 1 aromatic carbocycles. The van der Waals surface area contributed by atoms with Crippen molar-refractivity contribution < 1.29 is 38.1 Å². The zero-order valence-corrected chi connectivity index (χ0v) is 15.9. The van der Waals surface area contributed by atoms with Crippen LogP contribution < -0.4 is 5.48 Å². The number of benzene rings is 1. The fourth-order valence-electron chi connectivity index (χ4n) is 3.69. The molecule has 0 heterocycles. The third-order valence-electron chi connectivity index (χ3n) is 5.29. The topological polar surface area (TPSA) is 99.0 Å². The number of hydroxylamine groups is 1. The number of hydrogen-bond acceptors (Lipinski definition) is 5. The quantitative estimate of drug-likeness (QED) is 0.305.